The van der Waals surface area contributed by atoms with E-state index in [2.05, 4.69) is 5.10 Å². The number of nitrogens with two attached hydrogens (primary N) is 1. The Morgan fingerprint density at radius 1 is 1.44 bits per heavy atom. The Morgan fingerprint density at radius 2 is 2.06 bits per heavy atom. The number of aryl methyl sites for hydroxylation is 1. The highest BCUT2D eigenvalue weighted by Crippen LogP contribution is 2.24. The summed E-state index contributed by atoms with van der Waals surface area (Å²) in [7, 11) is -2.30. The normalized spacial score (nSPS) is 12.2. The van der Waals surface area contributed by atoms with Crippen LogP contribution in [0.1, 0.15) is 0 Å². The minimum absolute atomic E-state index is 0.00963. The number of rotatable bonds is 1. The summed E-state index contributed by atoms with van der Waals surface area (Å²) in [5, 5.41) is 7.69. The van der Waals surface area contributed by atoms with Crippen molar-refractivity contribution in [1.82, 2.24) is 9.78 Å². The third kappa shape index (κ3) is 1.62. The van der Waals surface area contributed by atoms with Gasteiger partial charge in [0.05, 0.1) is 15.9 Å². The SMILES string of the molecule is Cn1[nH]c(=O)c2cc(S(N)(=O)=O)c(Cl)cc21. The smallest absolute Gasteiger partial charge is 0.272 e. The third-order valence-electron chi connectivity index (χ3n) is 2.23. The molecule has 6 nitrogen and oxygen atoms in total. The van der Waals surface area contributed by atoms with Gasteiger partial charge in [0, 0.05) is 7.05 Å². The number of H-pyrrole nitrogens is 1. The first kappa shape index (κ1) is 11.2. The first-order valence-corrected chi connectivity index (χ1v) is 6.14. The largest absolute Gasteiger partial charge is 0.287 e. The molecule has 1 heterocycles. The molecule has 0 aliphatic carbocycles. The quantitative estimate of drug-likeness (QED) is 0.765. The molecule has 0 aliphatic heterocycles. The topological polar surface area (TPSA) is 97.9 Å². The molecule has 0 unspecified atom stereocenters. The molecule has 3 N–H and O–H groups in total. The van der Waals surface area contributed by atoms with Crippen LogP contribution in [0, 0.1) is 0 Å². The summed E-state index contributed by atoms with van der Waals surface area (Å²) in [6.45, 7) is 0. The summed E-state index contributed by atoms with van der Waals surface area (Å²) in [6, 6.07) is 2.56. The molecule has 8 heteroatoms. The van der Waals surface area contributed by atoms with Crippen LogP contribution in [0.3, 0.4) is 0 Å². The molecular formula is C8H8ClN3O3S. The highest BCUT2D eigenvalue weighted by molar-refractivity contribution is 7.89. The molecule has 0 bridgehead atoms. The van der Waals surface area contributed by atoms with Crippen molar-refractivity contribution < 1.29 is 8.42 Å². The summed E-state index contributed by atoms with van der Waals surface area (Å²) < 4.78 is 23.8. The van der Waals surface area contributed by atoms with Crippen molar-refractivity contribution >= 4 is 32.5 Å². The van der Waals surface area contributed by atoms with Crippen molar-refractivity contribution in [1.29, 1.82) is 0 Å². The third-order valence-corrected chi connectivity index (χ3v) is 3.61. The molecule has 1 aromatic carbocycles. The Morgan fingerprint density at radius 3 is 2.62 bits per heavy atom. The van der Waals surface area contributed by atoms with Crippen LogP contribution in [0.25, 0.3) is 10.9 Å². The van der Waals surface area contributed by atoms with Crippen LogP contribution in [0.4, 0.5) is 0 Å². The maximum atomic E-state index is 11.4. The second-order valence-corrected chi connectivity index (χ2v) is 5.28. The molecule has 0 saturated carbocycles. The number of nitrogens with one attached hydrogen (secondary N) is 1. The Balaban J connectivity index is 2.97. The van der Waals surface area contributed by atoms with Gasteiger partial charge >= 0.3 is 0 Å². The van der Waals surface area contributed by atoms with Crippen molar-refractivity contribution in [2.24, 2.45) is 12.2 Å². The number of sulfonamides is 1. The minimum atomic E-state index is -3.93. The molecule has 1 aromatic heterocycles. The average Bonchev–Trinajstić information content (AvgIpc) is 2.39. The van der Waals surface area contributed by atoms with Gasteiger partial charge in [0.2, 0.25) is 10.0 Å². The number of halogens is 1. The van der Waals surface area contributed by atoms with Crippen LogP contribution in [0.2, 0.25) is 5.02 Å². The fourth-order valence-electron chi connectivity index (χ4n) is 1.49. The number of benzene rings is 1. The lowest BCUT2D eigenvalue weighted by Crippen LogP contribution is -2.13. The van der Waals surface area contributed by atoms with Crippen LogP contribution in [0.15, 0.2) is 21.8 Å². The predicted molar refractivity (Wildman–Crippen MR) is 59.9 cm³/mol. The van der Waals surface area contributed by atoms with Crippen molar-refractivity contribution in [3.05, 3.63) is 27.5 Å². The molecule has 86 valence electrons. The van der Waals surface area contributed by atoms with E-state index in [1.165, 1.54) is 16.8 Å². The van der Waals surface area contributed by atoms with Gasteiger partial charge in [0.25, 0.3) is 5.56 Å². The lowest BCUT2D eigenvalue weighted by molar-refractivity contribution is 0.598. The summed E-state index contributed by atoms with van der Waals surface area (Å²) >= 11 is 5.78. The fourth-order valence-corrected chi connectivity index (χ4v) is 2.59. The highest BCUT2D eigenvalue weighted by Gasteiger charge is 2.16. The van der Waals surface area contributed by atoms with E-state index in [0.29, 0.717) is 5.52 Å². The number of fused-ring (bicyclic) bond motifs is 1. The molecule has 2 aromatic rings. The van der Waals surface area contributed by atoms with Gasteiger partial charge in [-0.15, -0.1) is 0 Å². The Bertz CT molecular complexity index is 729. The number of aromatic nitrogens is 2. The zero-order chi connectivity index (χ0) is 12.1. The summed E-state index contributed by atoms with van der Waals surface area (Å²) in [6.07, 6.45) is 0. The van der Waals surface area contributed by atoms with E-state index in [1.807, 2.05) is 0 Å². The van der Waals surface area contributed by atoms with E-state index in [9.17, 15) is 13.2 Å². The van der Waals surface area contributed by atoms with E-state index in [-0.39, 0.29) is 20.9 Å². The highest BCUT2D eigenvalue weighted by atomic mass is 35.5. The zero-order valence-electron chi connectivity index (χ0n) is 8.19. The van der Waals surface area contributed by atoms with Gasteiger partial charge in [0.15, 0.2) is 0 Å². The molecule has 0 radical (unpaired) electrons. The standard InChI is InChI=1S/C8H8ClN3O3S/c1-12-6-3-5(9)7(16(10,14)15)2-4(6)8(13)11-12/h2-3H,1H3,(H,11,13)(H2,10,14,15). The second kappa shape index (κ2) is 3.34. The van der Waals surface area contributed by atoms with Gasteiger partial charge in [-0.2, -0.15) is 0 Å². The van der Waals surface area contributed by atoms with Crippen molar-refractivity contribution in [3.8, 4) is 0 Å². The number of hydrogen-bond acceptors (Lipinski definition) is 3. The van der Waals surface area contributed by atoms with E-state index in [1.54, 1.807) is 7.05 Å². The average molecular weight is 262 g/mol. The Labute approximate surface area is 95.7 Å². The van der Waals surface area contributed by atoms with E-state index in [0.717, 1.165) is 0 Å². The first-order chi connectivity index (χ1) is 7.30. The second-order valence-electron chi connectivity index (χ2n) is 3.34. The van der Waals surface area contributed by atoms with Gasteiger partial charge in [-0.05, 0) is 12.1 Å². The summed E-state index contributed by atoms with van der Waals surface area (Å²) in [5.74, 6) is 0. The number of nitrogens with zero attached hydrogens (tertiary/aromatic N) is 1. The summed E-state index contributed by atoms with van der Waals surface area (Å²) in [5.41, 5.74) is 0.126. The monoisotopic (exact) mass is 261 g/mol. The molecule has 2 rings (SSSR count). The molecule has 0 spiro atoms. The lowest BCUT2D eigenvalue weighted by Gasteiger charge is -2.02. The van der Waals surface area contributed by atoms with Gasteiger partial charge < -0.3 is 0 Å². The van der Waals surface area contributed by atoms with Gasteiger partial charge in [-0.25, -0.2) is 13.6 Å². The molecule has 0 atom stereocenters. The van der Waals surface area contributed by atoms with Crippen LogP contribution in [0.5, 0.6) is 0 Å². The summed E-state index contributed by atoms with van der Waals surface area (Å²) in [4.78, 5) is 11.2. The lowest BCUT2D eigenvalue weighted by atomic mass is 10.2. The molecule has 0 aliphatic rings. The zero-order valence-corrected chi connectivity index (χ0v) is 9.76. The van der Waals surface area contributed by atoms with Crippen molar-refractivity contribution in [2.45, 2.75) is 4.90 Å². The van der Waals surface area contributed by atoms with Gasteiger partial charge in [0.1, 0.15) is 4.90 Å². The maximum absolute atomic E-state index is 11.4. The molecule has 0 saturated heterocycles. The van der Waals surface area contributed by atoms with Crippen LogP contribution >= 0.6 is 11.6 Å². The van der Waals surface area contributed by atoms with Gasteiger partial charge in [-0.3, -0.25) is 14.6 Å². The maximum Gasteiger partial charge on any atom is 0.272 e. The Hall–Kier alpha value is -1.31. The number of aromatic amines is 1. The Kier molecular flexibility index (Phi) is 2.33. The fraction of sp³-hybridized carbons (Fsp3) is 0.125. The van der Waals surface area contributed by atoms with Crippen molar-refractivity contribution in [3.63, 3.8) is 0 Å². The molecule has 0 fully saturated rings. The number of hydrogen-bond donors (Lipinski definition) is 2. The van der Waals surface area contributed by atoms with Gasteiger partial charge in [-0.1, -0.05) is 11.6 Å². The van der Waals surface area contributed by atoms with Crippen LogP contribution < -0.4 is 10.7 Å². The van der Waals surface area contributed by atoms with E-state index < -0.39 is 10.0 Å². The van der Waals surface area contributed by atoms with Crippen LogP contribution in [-0.4, -0.2) is 18.2 Å². The molecule has 16 heavy (non-hydrogen) atoms. The van der Waals surface area contributed by atoms with Crippen LogP contribution in [-0.2, 0) is 17.1 Å². The van der Waals surface area contributed by atoms with E-state index in [4.69, 9.17) is 16.7 Å². The molecule has 0 amide bonds. The van der Waals surface area contributed by atoms with E-state index >= 15 is 0 Å². The minimum Gasteiger partial charge on any atom is -0.287 e. The first-order valence-electron chi connectivity index (χ1n) is 4.22. The predicted octanol–water partition coefficient (Wildman–Crippen LogP) is 0.167. The van der Waals surface area contributed by atoms with Crippen molar-refractivity contribution in [2.75, 3.05) is 0 Å². The molecular weight excluding hydrogens is 254 g/mol. The number of primary sulfonamides is 1.